The van der Waals surface area contributed by atoms with Gasteiger partial charge in [0, 0.05) is 42.8 Å². The lowest BCUT2D eigenvalue weighted by atomic mass is 9.44. The number of phenols is 1. The highest BCUT2D eigenvalue weighted by Crippen LogP contribution is 2.72. The molecule has 2 saturated carbocycles. The Balaban J connectivity index is 1.03. The fraction of sp³-hybridized carbons (Fsp3) is 0.500. The first-order valence-electron chi connectivity index (χ1n) is 30.1. The number of aliphatic hydroxyl groups excluding tert-OH is 2. The van der Waals surface area contributed by atoms with Crippen molar-refractivity contribution in [2.45, 2.75) is 135 Å². The molecule has 11 nitrogen and oxygen atoms in total. The van der Waals surface area contributed by atoms with Crippen LogP contribution in [0.1, 0.15) is 130 Å². The van der Waals surface area contributed by atoms with Crippen molar-refractivity contribution >= 4 is 17.5 Å². The van der Waals surface area contributed by atoms with Crippen LogP contribution in [0, 0.1) is 46.3 Å². The van der Waals surface area contributed by atoms with Gasteiger partial charge in [0.1, 0.15) is 17.3 Å². The maximum atomic E-state index is 15.3. The molecule has 0 amide bonds. The summed E-state index contributed by atoms with van der Waals surface area (Å²) in [5.74, 6) is 1.35. The number of cyclic esters (lactones) is 1. The third kappa shape index (κ3) is 10.1. The predicted octanol–water partition coefficient (Wildman–Crippen LogP) is 10.7. The Morgan fingerprint density at radius 3 is 2.57 bits per heavy atom. The maximum absolute atomic E-state index is 15.3. The number of ether oxygens (including phenoxy) is 2. The van der Waals surface area contributed by atoms with Gasteiger partial charge in [-0.15, -0.1) is 0 Å². The Bertz CT molecular complexity index is 3090. The van der Waals surface area contributed by atoms with Crippen LogP contribution in [0.4, 0.5) is 0 Å². The van der Waals surface area contributed by atoms with Crippen molar-refractivity contribution in [3.8, 4) is 16.9 Å². The van der Waals surface area contributed by atoms with E-state index in [1.54, 1.807) is 6.07 Å². The van der Waals surface area contributed by atoms with Gasteiger partial charge in [0.25, 0.3) is 0 Å². The van der Waals surface area contributed by atoms with Gasteiger partial charge in [-0.3, -0.25) is 0 Å². The van der Waals surface area contributed by atoms with Crippen LogP contribution in [0.15, 0.2) is 131 Å². The number of esters is 2. The molecule has 5 heterocycles. The van der Waals surface area contributed by atoms with E-state index in [1.165, 1.54) is 22.3 Å². The lowest BCUT2D eigenvalue weighted by Gasteiger charge is -2.56. The summed E-state index contributed by atoms with van der Waals surface area (Å²) >= 11 is 0. The van der Waals surface area contributed by atoms with Gasteiger partial charge >= 0.3 is 11.9 Å². The minimum atomic E-state index is -0.899. The molecule has 11 heteroatoms. The quantitative estimate of drug-likeness (QED) is 0.0677. The van der Waals surface area contributed by atoms with Crippen molar-refractivity contribution in [3.05, 3.63) is 165 Å². The lowest BCUT2D eigenvalue weighted by molar-refractivity contribution is -0.135. The van der Waals surface area contributed by atoms with Crippen molar-refractivity contribution in [3.63, 3.8) is 0 Å². The number of aliphatic hydroxyl groups is 2. The number of phenolic OH excluding ortho intramolecular Hbond substituents is 1. The van der Waals surface area contributed by atoms with Crippen molar-refractivity contribution in [1.82, 2.24) is 21.3 Å². The monoisotopic (exact) mass is 1070 g/mol. The van der Waals surface area contributed by atoms with E-state index in [-0.39, 0.29) is 71.5 Å². The van der Waals surface area contributed by atoms with Crippen LogP contribution in [0.2, 0.25) is 0 Å². The number of nitrogens with one attached hydrogen (secondary N) is 4. The minimum Gasteiger partial charge on any atom is -0.508 e. The first-order chi connectivity index (χ1) is 38.5. The van der Waals surface area contributed by atoms with E-state index in [1.807, 2.05) is 32.2 Å². The fourth-order valence-corrected chi connectivity index (χ4v) is 16.6. The third-order valence-electron chi connectivity index (χ3n) is 20.3. The molecule has 0 aromatic heterocycles. The first kappa shape index (κ1) is 54.0. The Morgan fingerprint density at radius 2 is 1.75 bits per heavy atom. The number of hydrogen-bond acceptors (Lipinski definition) is 11. The Morgan fingerprint density at radius 1 is 0.873 bits per heavy atom. The number of aryl methyl sites for hydroxylation is 1. The summed E-state index contributed by atoms with van der Waals surface area (Å²) in [7, 11) is 2.05. The lowest BCUT2D eigenvalue weighted by Crippen LogP contribution is -2.52. The molecule has 5 aliphatic carbocycles. The van der Waals surface area contributed by atoms with E-state index in [0.29, 0.717) is 55.4 Å². The fourth-order valence-electron chi connectivity index (χ4n) is 16.6. The molecule has 10 aliphatic rings. The highest BCUT2D eigenvalue weighted by Gasteiger charge is 2.68. The summed E-state index contributed by atoms with van der Waals surface area (Å²) in [6, 6.07) is 31.7. The van der Waals surface area contributed by atoms with Crippen LogP contribution in [-0.2, 0) is 44.9 Å². The SMILES string of the molecule is CCC(C=C1OC(=O)C2=C3c4cc(O)ccc4-c4cccc(c4)CNCCc4ccc(CCCO)c(c4)C(NCC(C)O)C4CCC(C5CCNC(NC)C5)(CC=C5OC(=O)C6=C5CCC5C3CCC12C65)C4)Cc1ccccc1. The predicted molar refractivity (Wildman–Crippen MR) is 309 cm³/mol. The van der Waals surface area contributed by atoms with Gasteiger partial charge in [0.2, 0.25) is 0 Å². The second-order valence-electron chi connectivity index (χ2n) is 24.8. The number of fused-ring (bicyclic) bond motifs is 5. The number of carbonyl (C=O) groups is 2. The van der Waals surface area contributed by atoms with Crippen molar-refractivity contribution < 1.29 is 34.4 Å². The van der Waals surface area contributed by atoms with Crippen LogP contribution < -0.4 is 21.3 Å². The molecule has 4 aromatic rings. The molecular formula is C68H82N4O7. The number of benzene rings is 4. The van der Waals surface area contributed by atoms with Gasteiger partial charge < -0.3 is 46.1 Å². The van der Waals surface area contributed by atoms with Gasteiger partial charge in [-0.1, -0.05) is 79.7 Å². The van der Waals surface area contributed by atoms with Gasteiger partial charge in [-0.05, 0) is 239 Å². The van der Waals surface area contributed by atoms with Crippen molar-refractivity contribution in [2.75, 3.05) is 33.3 Å². The second-order valence-corrected chi connectivity index (χ2v) is 24.8. The summed E-state index contributed by atoms with van der Waals surface area (Å²) in [6.45, 7) is 7.01. The maximum Gasteiger partial charge on any atom is 0.340 e. The molecule has 11 atom stereocenters. The molecular weight excluding hydrogens is 985 g/mol. The Hall–Kier alpha value is -5.66. The van der Waals surface area contributed by atoms with Gasteiger partial charge in [-0.2, -0.15) is 0 Å². The second kappa shape index (κ2) is 22.7. The summed E-state index contributed by atoms with van der Waals surface area (Å²) in [4.78, 5) is 30.5. The molecule has 79 heavy (non-hydrogen) atoms. The van der Waals surface area contributed by atoms with E-state index in [0.717, 1.165) is 129 Å². The highest BCUT2D eigenvalue weighted by atomic mass is 16.6. The van der Waals surface area contributed by atoms with Gasteiger partial charge in [0.15, 0.2) is 0 Å². The van der Waals surface area contributed by atoms with E-state index in [9.17, 15) is 15.3 Å². The number of piperidine rings is 1. The molecule has 7 N–H and O–H groups in total. The number of carbonyl (C=O) groups excluding carboxylic acids is 2. The molecule has 14 bridgehead atoms. The zero-order chi connectivity index (χ0) is 54.4. The number of hydrogen-bond donors (Lipinski definition) is 7. The van der Waals surface area contributed by atoms with Crippen LogP contribution in [0.5, 0.6) is 5.75 Å². The molecule has 0 radical (unpaired) electrons. The summed E-state index contributed by atoms with van der Waals surface area (Å²) in [5.41, 5.74) is 11.3. The molecule has 4 fully saturated rings. The van der Waals surface area contributed by atoms with Crippen LogP contribution in [0.25, 0.3) is 16.7 Å². The highest BCUT2D eigenvalue weighted by molar-refractivity contribution is 6.07. The zero-order valence-electron chi connectivity index (χ0n) is 46.6. The van der Waals surface area contributed by atoms with Crippen LogP contribution in [-0.4, -0.2) is 72.8 Å². The summed E-state index contributed by atoms with van der Waals surface area (Å²) in [6.07, 6.45) is 17.1. The molecule has 1 spiro atoms. The number of aromatic hydroxyl groups is 1. The van der Waals surface area contributed by atoms with E-state index >= 15 is 9.59 Å². The Labute approximate surface area is 467 Å². The van der Waals surface area contributed by atoms with Gasteiger partial charge in [0.05, 0.1) is 23.3 Å². The Kier molecular flexibility index (Phi) is 15.5. The molecule has 416 valence electrons. The molecule has 2 saturated heterocycles. The average molecular weight is 1070 g/mol. The van der Waals surface area contributed by atoms with Crippen molar-refractivity contribution in [1.29, 1.82) is 0 Å². The molecule has 14 rings (SSSR count). The number of rotatable bonds is 12. The smallest absolute Gasteiger partial charge is 0.340 e. The van der Waals surface area contributed by atoms with Crippen LogP contribution in [0.3, 0.4) is 0 Å². The van der Waals surface area contributed by atoms with E-state index in [4.69, 9.17) is 9.47 Å². The molecule has 4 aromatic carbocycles. The number of allylic oxidation sites excluding steroid dienone is 5. The topological polar surface area (TPSA) is 161 Å². The van der Waals surface area contributed by atoms with E-state index < -0.39 is 11.5 Å². The summed E-state index contributed by atoms with van der Waals surface area (Å²) in [5, 5.41) is 47.4. The average Bonchev–Trinajstić information content (AvgIpc) is 4.08. The van der Waals surface area contributed by atoms with Crippen LogP contribution >= 0.6 is 0 Å². The molecule has 11 unspecified atom stereocenters. The van der Waals surface area contributed by atoms with Crippen molar-refractivity contribution in [2.24, 2.45) is 46.3 Å². The molecule has 5 aliphatic heterocycles. The summed E-state index contributed by atoms with van der Waals surface area (Å²) < 4.78 is 13.4. The van der Waals surface area contributed by atoms with E-state index in [2.05, 4.69) is 107 Å². The largest absolute Gasteiger partial charge is 0.508 e. The third-order valence-corrected chi connectivity index (χ3v) is 20.3. The van der Waals surface area contributed by atoms with Gasteiger partial charge in [-0.25, -0.2) is 9.59 Å². The standard InChI is InChI=1S/C68H82N4O7/c1-4-42(32-43-10-6-5-7-11-43)35-58-68-28-22-52-53-19-20-54-57(78-65(76)61(54)62(53)68)23-27-67(49-25-30-71-59(36-49)69-3)26-21-48(38-67)64(72-39-41(2)74)55-34-44(15-16-46(55)14-9-31-73)24-29-70-40-45-12-8-13-47(33-45)51-18-17-50(75)37-56(51)60(52)63(68)66(77)79-58/h5-8,10-13,15-18,23,33-35,37,41-42,48-49,52-53,59,62,64,69-75H,4,9,14,19-22,24-32,36,38-40H2,1-3H3. The normalized spacial score (nSPS) is 30.6. The first-order valence-corrected chi connectivity index (χ1v) is 30.1. The minimum absolute atomic E-state index is 0.00448. The zero-order valence-corrected chi connectivity index (χ0v) is 46.6.